The molecule has 0 amide bonds. The minimum Gasteiger partial charge on any atom is -0.508 e. The maximum absolute atomic E-state index is 13.8. The van der Waals surface area contributed by atoms with E-state index in [9.17, 15) is 9.50 Å². The third-order valence-electron chi connectivity index (χ3n) is 2.73. The molecule has 2 aromatic carbocycles. The lowest BCUT2D eigenvalue weighted by molar-refractivity contribution is 0.469. The van der Waals surface area contributed by atoms with Crippen LogP contribution in [-0.2, 0) is 0 Å². The second-order valence-corrected chi connectivity index (χ2v) is 5.18. The highest BCUT2D eigenvalue weighted by Gasteiger charge is 2.11. The Labute approximate surface area is 107 Å². The zero-order valence-corrected chi connectivity index (χ0v) is 10.5. The molecule has 0 unspecified atom stereocenters. The van der Waals surface area contributed by atoms with Crippen molar-refractivity contribution in [3.8, 4) is 16.3 Å². The second kappa shape index (κ2) is 4.07. The van der Waals surface area contributed by atoms with Crippen molar-refractivity contribution >= 4 is 21.6 Å². The summed E-state index contributed by atoms with van der Waals surface area (Å²) in [4.78, 5) is 4.43. The summed E-state index contributed by atoms with van der Waals surface area (Å²) in [6.07, 6.45) is 0. The Morgan fingerprint density at radius 3 is 2.78 bits per heavy atom. The number of hydrogen-bond donors (Lipinski definition) is 1. The monoisotopic (exact) mass is 259 g/mol. The summed E-state index contributed by atoms with van der Waals surface area (Å²) in [5.74, 6) is -0.529. The van der Waals surface area contributed by atoms with Crippen LogP contribution in [0.25, 0.3) is 20.8 Å². The topological polar surface area (TPSA) is 33.1 Å². The first-order chi connectivity index (χ1) is 8.63. The SMILES string of the molecule is Cc1ccc2sc(-c3ccc(O)cc3F)nc2c1. The first-order valence-electron chi connectivity index (χ1n) is 5.49. The van der Waals surface area contributed by atoms with Gasteiger partial charge in [-0.25, -0.2) is 9.37 Å². The van der Waals surface area contributed by atoms with Gasteiger partial charge < -0.3 is 5.11 Å². The van der Waals surface area contributed by atoms with Gasteiger partial charge in [0, 0.05) is 11.6 Å². The Balaban J connectivity index is 2.19. The third-order valence-corrected chi connectivity index (χ3v) is 3.80. The minimum absolute atomic E-state index is 0.0757. The number of phenolic OH excluding ortho intramolecular Hbond substituents is 1. The fraction of sp³-hybridized carbons (Fsp3) is 0.0714. The van der Waals surface area contributed by atoms with Crippen molar-refractivity contribution in [1.29, 1.82) is 0 Å². The van der Waals surface area contributed by atoms with Gasteiger partial charge >= 0.3 is 0 Å². The predicted molar refractivity (Wildman–Crippen MR) is 71.4 cm³/mol. The average Bonchev–Trinajstić information content (AvgIpc) is 2.71. The molecular formula is C14H10FNOS. The molecule has 1 N–H and O–H groups in total. The molecular weight excluding hydrogens is 249 g/mol. The quantitative estimate of drug-likeness (QED) is 0.713. The van der Waals surface area contributed by atoms with Gasteiger partial charge in [-0.15, -0.1) is 11.3 Å². The van der Waals surface area contributed by atoms with Crippen LogP contribution in [0.4, 0.5) is 4.39 Å². The minimum atomic E-state index is -0.453. The summed E-state index contributed by atoms with van der Waals surface area (Å²) in [5, 5.41) is 9.84. The number of hydrogen-bond acceptors (Lipinski definition) is 3. The molecule has 0 aliphatic rings. The smallest absolute Gasteiger partial charge is 0.137 e. The van der Waals surface area contributed by atoms with E-state index in [0.717, 1.165) is 21.8 Å². The molecule has 4 heteroatoms. The first-order valence-corrected chi connectivity index (χ1v) is 6.31. The largest absolute Gasteiger partial charge is 0.508 e. The lowest BCUT2D eigenvalue weighted by atomic mass is 10.2. The van der Waals surface area contributed by atoms with E-state index < -0.39 is 5.82 Å². The number of benzene rings is 2. The van der Waals surface area contributed by atoms with E-state index >= 15 is 0 Å². The molecule has 1 heterocycles. The zero-order valence-electron chi connectivity index (χ0n) is 9.64. The highest BCUT2D eigenvalue weighted by atomic mass is 32.1. The van der Waals surface area contributed by atoms with Crippen molar-refractivity contribution in [2.75, 3.05) is 0 Å². The average molecular weight is 259 g/mol. The van der Waals surface area contributed by atoms with E-state index in [1.807, 2.05) is 25.1 Å². The van der Waals surface area contributed by atoms with Gasteiger partial charge in [-0.1, -0.05) is 6.07 Å². The number of fused-ring (bicyclic) bond motifs is 1. The van der Waals surface area contributed by atoms with Gasteiger partial charge in [0.25, 0.3) is 0 Å². The molecule has 0 bridgehead atoms. The molecule has 0 saturated carbocycles. The molecule has 0 fully saturated rings. The van der Waals surface area contributed by atoms with Crippen LogP contribution in [0, 0.1) is 12.7 Å². The van der Waals surface area contributed by atoms with Gasteiger partial charge in [0.15, 0.2) is 0 Å². The number of rotatable bonds is 1. The Bertz CT molecular complexity index is 736. The van der Waals surface area contributed by atoms with Gasteiger partial charge in [-0.2, -0.15) is 0 Å². The Hall–Kier alpha value is -1.94. The van der Waals surface area contributed by atoms with Crippen LogP contribution >= 0.6 is 11.3 Å². The summed E-state index contributed by atoms with van der Waals surface area (Å²) < 4.78 is 14.8. The number of aromatic hydroxyl groups is 1. The molecule has 1 aromatic heterocycles. The van der Waals surface area contributed by atoms with Gasteiger partial charge in [-0.05, 0) is 36.8 Å². The van der Waals surface area contributed by atoms with Gasteiger partial charge in [0.2, 0.25) is 0 Å². The molecule has 3 aromatic rings. The van der Waals surface area contributed by atoms with E-state index in [2.05, 4.69) is 4.98 Å². The number of halogens is 1. The van der Waals surface area contributed by atoms with Crippen molar-refractivity contribution in [2.24, 2.45) is 0 Å². The highest BCUT2D eigenvalue weighted by molar-refractivity contribution is 7.21. The van der Waals surface area contributed by atoms with Crippen molar-refractivity contribution in [3.63, 3.8) is 0 Å². The lowest BCUT2D eigenvalue weighted by Crippen LogP contribution is -1.82. The first kappa shape index (κ1) is 11.2. The number of nitrogens with zero attached hydrogens (tertiary/aromatic N) is 1. The Morgan fingerprint density at radius 1 is 1.17 bits per heavy atom. The van der Waals surface area contributed by atoms with E-state index in [4.69, 9.17) is 0 Å². The van der Waals surface area contributed by atoms with E-state index in [1.165, 1.54) is 17.4 Å². The van der Waals surface area contributed by atoms with Gasteiger partial charge in [0.05, 0.1) is 10.2 Å². The van der Waals surface area contributed by atoms with Crippen LogP contribution < -0.4 is 0 Å². The van der Waals surface area contributed by atoms with E-state index in [-0.39, 0.29) is 5.75 Å². The number of thiazole rings is 1. The molecule has 0 aliphatic heterocycles. The summed E-state index contributed by atoms with van der Waals surface area (Å²) in [6, 6.07) is 10.1. The normalized spacial score (nSPS) is 11.0. The van der Waals surface area contributed by atoms with Crippen LogP contribution in [0.3, 0.4) is 0 Å². The molecule has 0 saturated heterocycles. The summed E-state index contributed by atoms with van der Waals surface area (Å²) >= 11 is 1.45. The van der Waals surface area contributed by atoms with Crippen LogP contribution in [0.2, 0.25) is 0 Å². The third kappa shape index (κ3) is 1.84. The number of aryl methyl sites for hydroxylation is 1. The molecule has 0 atom stereocenters. The molecule has 0 aliphatic carbocycles. The van der Waals surface area contributed by atoms with Gasteiger partial charge in [0.1, 0.15) is 16.6 Å². The van der Waals surface area contributed by atoms with Crippen molar-refractivity contribution in [3.05, 3.63) is 47.8 Å². The van der Waals surface area contributed by atoms with E-state index in [1.54, 1.807) is 6.07 Å². The maximum atomic E-state index is 13.8. The lowest BCUT2D eigenvalue weighted by Gasteiger charge is -1.98. The zero-order chi connectivity index (χ0) is 12.7. The summed E-state index contributed by atoms with van der Waals surface area (Å²) in [5.41, 5.74) is 2.43. The maximum Gasteiger partial charge on any atom is 0.137 e. The molecule has 18 heavy (non-hydrogen) atoms. The number of aromatic nitrogens is 1. The van der Waals surface area contributed by atoms with Crippen LogP contribution in [0.15, 0.2) is 36.4 Å². The molecule has 0 radical (unpaired) electrons. The van der Waals surface area contributed by atoms with Crippen molar-refractivity contribution in [2.45, 2.75) is 6.92 Å². The van der Waals surface area contributed by atoms with E-state index in [0.29, 0.717) is 10.6 Å². The molecule has 0 spiro atoms. The Kier molecular flexibility index (Phi) is 2.52. The fourth-order valence-electron chi connectivity index (χ4n) is 1.83. The van der Waals surface area contributed by atoms with Crippen molar-refractivity contribution < 1.29 is 9.50 Å². The van der Waals surface area contributed by atoms with Crippen LogP contribution in [0.1, 0.15) is 5.56 Å². The van der Waals surface area contributed by atoms with Crippen molar-refractivity contribution in [1.82, 2.24) is 4.98 Å². The van der Waals surface area contributed by atoms with Gasteiger partial charge in [-0.3, -0.25) is 0 Å². The standard InChI is InChI=1S/C14H10FNOS/c1-8-2-5-13-12(6-8)16-14(18-13)10-4-3-9(17)7-11(10)15/h2-7,17H,1H3. The Morgan fingerprint density at radius 2 is 2.00 bits per heavy atom. The summed E-state index contributed by atoms with van der Waals surface area (Å²) in [6.45, 7) is 2.00. The molecule has 3 rings (SSSR count). The summed E-state index contributed by atoms with van der Waals surface area (Å²) in [7, 11) is 0. The predicted octanol–water partition coefficient (Wildman–Crippen LogP) is 4.12. The highest BCUT2D eigenvalue weighted by Crippen LogP contribution is 2.33. The van der Waals surface area contributed by atoms with Crippen LogP contribution in [-0.4, -0.2) is 10.1 Å². The van der Waals surface area contributed by atoms with Crippen LogP contribution in [0.5, 0.6) is 5.75 Å². The number of phenols is 1. The fourth-order valence-corrected chi connectivity index (χ4v) is 2.80. The molecule has 90 valence electrons. The molecule has 2 nitrogen and oxygen atoms in total. The second-order valence-electron chi connectivity index (χ2n) is 4.15.